The lowest BCUT2D eigenvalue weighted by Gasteiger charge is -2.41. The van der Waals surface area contributed by atoms with Crippen LogP contribution in [-0.2, 0) is 26.7 Å². The Morgan fingerprint density at radius 2 is 1.88 bits per heavy atom. The van der Waals surface area contributed by atoms with Gasteiger partial charge in [-0.1, -0.05) is 0 Å². The van der Waals surface area contributed by atoms with Gasteiger partial charge < -0.3 is 24.8 Å². The van der Waals surface area contributed by atoms with Crippen LogP contribution >= 0.6 is 0 Å². The molecule has 227 valence electrons. The number of aromatic amines is 1. The molecule has 4 rings (SSSR count). The van der Waals surface area contributed by atoms with Gasteiger partial charge >= 0.3 is 12.4 Å². The van der Waals surface area contributed by atoms with Crippen molar-refractivity contribution >= 4 is 39.2 Å². The van der Waals surface area contributed by atoms with Crippen LogP contribution in [-0.4, -0.2) is 93.2 Å². The van der Waals surface area contributed by atoms with Crippen LogP contribution in [0.25, 0.3) is 0 Å². The SMILES string of the molecule is CN1C(=O)CC2CN(C(=O)CCOC[C@](C)([Si])Nc3cn[nH]c(=O)c3C(F)(F)F)CCN2c2ncc(C(F)(F)F)cc21. The highest BCUT2D eigenvalue weighted by Crippen LogP contribution is 2.39. The maximum atomic E-state index is 13.3. The van der Waals surface area contributed by atoms with E-state index in [-0.39, 0.29) is 63.1 Å². The number of fused-ring (bicyclic) bond motifs is 3. The van der Waals surface area contributed by atoms with Crippen molar-refractivity contribution in [2.45, 2.75) is 43.3 Å². The molecule has 2 N–H and O–H groups in total. The van der Waals surface area contributed by atoms with Gasteiger partial charge in [-0.15, -0.1) is 0 Å². The summed E-state index contributed by atoms with van der Waals surface area (Å²) in [5.74, 6) is -0.497. The minimum Gasteiger partial charge on any atom is -0.379 e. The molecular formula is C24H26F6N7O4Si. The van der Waals surface area contributed by atoms with E-state index in [0.29, 0.717) is 0 Å². The summed E-state index contributed by atoms with van der Waals surface area (Å²) in [4.78, 5) is 45.8. The molecular weight excluding hydrogens is 592 g/mol. The first-order valence-electron chi connectivity index (χ1n) is 12.6. The molecule has 2 aromatic rings. The lowest BCUT2D eigenvalue weighted by Crippen LogP contribution is -2.55. The molecule has 3 radical (unpaired) electrons. The lowest BCUT2D eigenvalue weighted by atomic mass is 10.1. The summed E-state index contributed by atoms with van der Waals surface area (Å²) in [7, 11) is 4.67. The van der Waals surface area contributed by atoms with Gasteiger partial charge in [-0.25, -0.2) is 10.1 Å². The number of alkyl halides is 6. The zero-order chi connectivity index (χ0) is 31.0. The molecule has 42 heavy (non-hydrogen) atoms. The number of rotatable bonds is 7. The minimum atomic E-state index is -4.93. The highest BCUT2D eigenvalue weighted by molar-refractivity contribution is 6.16. The van der Waals surface area contributed by atoms with Crippen molar-refractivity contribution in [3.8, 4) is 0 Å². The molecule has 0 aromatic carbocycles. The van der Waals surface area contributed by atoms with Crippen LogP contribution in [0.1, 0.15) is 30.9 Å². The van der Waals surface area contributed by atoms with E-state index in [1.165, 1.54) is 18.9 Å². The van der Waals surface area contributed by atoms with E-state index in [9.17, 15) is 40.7 Å². The summed E-state index contributed by atoms with van der Waals surface area (Å²) in [5, 5.41) is 6.41. The van der Waals surface area contributed by atoms with Crippen molar-refractivity contribution in [1.29, 1.82) is 0 Å². The monoisotopic (exact) mass is 618 g/mol. The number of pyridine rings is 1. The third kappa shape index (κ3) is 6.85. The van der Waals surface area contributed by atoms with Crippen LogP contribution in [0.5, 0.6) is 0 Å². The fourth-order valence-corrected chi connectivity index (χ4v) is 5.02. The van der Waals surface area contributed by atoms with E-state index in [0.717, 1.165) is 23.4 Å². The Labute approximate surface area is 238 Å². The molecule has 2 aromatic heterocycles. The molecule has 0 bridgehead atoms. The van der Waals surface area contributed by atoms with E-state index in [1.807, 2.05) is 0 Å². The predicted molar refractivity (Wildman–Crippen MR) is 138 cm³/mol. The summed E-state index contributed by atoms with van der Waals surface area (Å²) >= 11 is 0. The fraction of sp³-hybridized carbons (Fsp3) is 0.542. The first-order chi connectivity index (χ1) is 19.5. The average Bonchev–Trinajstić information content (AvgIpc) is 2.98. The molecule has 0 spiro atoms. The summed E-state index contributed by atoms with van der Waals surface area (Å²) in [6, 6.07) is 0.379. The van der Waals surface area contributed by atoms with Gasteiger partial charge in [0, 0.05) is 44.5 Å². The van der Waals surface area contributed by atoms with Crippen LogP contribution < -0.4 is 20.7 Å². The number of nitrogens with one attached hydrogen (secondary N) is 2. The number of ether oxygens (including phenoxy) is 1. The Kier molecular flexibility index (Phi) is 8.59. The zero-order valence-corrected chi connectivity index (χ0v) is 23.4. The van der Waals surface area contributed by atoms with Crippen molar-refractivity contribution in [3.05, 3.63) is 39.9 Å². The van der Waals surface area contributed by atoms with Gasteiger partial charge in [0.1, 0.15) is 5.56 Å². The second-order valence-corrected chi connectivity index (χ2v) is 11.3. The quantitative estimate of drug-likeness (QED) is 0.275. The van der Waals surface area contributed by atoms with Crippen LogP contribution in [0.4, 0.5) is 43.5 Å². The van der Waals surface area contributed by atoms with E-state index >= 15 is 0 Å². The number of piperazine rings is 1. The first-order valence-corrected chi connectivity index (χ1v) is 13.1. The third-order valence-electron chi connectivity index (χ3n) is 6.83. The highest BCUT2D eigenvalue weighted by atomic mass is 28.1. The first kappa shape index (κ1) is 31.3. The van der Waals surface area contributed by atoms with Crippen molar-refractivity contribution in [1.82, 2.24) is 20.1 Å². The molecule has 1 saturated heterocycles. The smallest absolute Gasteiger partial charge is 0.379 e. The van der Waals surface area contributed by atoms with E-state index in [4.69, 9.17) is 4.74 Å². The summed E-state index contributed by atoms with van der Waals surface area (Å²) < 4.78 is 85.2. The van der Waals surface area contributed by atoms with Crippen LogP contribution in [0.3, 0.4) is 0 Å². The fourth-order valence-electron chi connectivity index (χ4n) is 4.78. The Morgan fingerprint density at radius 3 is 2.55 bits per heavy atom. The number of anilines is 3. The molecule has 2 atom stereocenters. The zero-order valence-electron chi connectivity index (χ0n) is 22.4. The van der Waals surface area contributed by atoms with Gasteiger partial charge in [0.05, 0.1) is 59.1 Å². The number of hydrogen-bond donors (Lipinski definition) is 2. The Morgan fingerprint density at radius 1 is 1.17 bits per heavy atom. The predicted octanol–water partition coefficient (Wildman–Crippen LogP) is 1.99. The molecule has 1 fully saturated rings. The van der Waals surface area contributed by atoms with Gasteiger partial charge in [-0.3, -0.25) is 14.4 Å². The van der Waals surface area contributed by atoms with Gasteiger partial charge in [0.15, 0.2) is 5.82 Å². The maximum absolute atomic E-state index is 13.3. The van der Waals surface area contributed by atoms with Crippen molar-refractivity contribution < 1.29 is 40.7 Å². The van der Waals surface area contributed by atoms with Crippen LogP contribution in [0.15, 0.2) is 23.3 Å². The van der Waals surface area contributed by atoms with Gasteiger partial charge in [0.2, 0.25) is 11.8 Å². The molecule has 0 saturated carbocycles. The molecule has 11 nitrogen and oxygen atoms in total. The molecule has 2 aliphatic heterocycles. The summed E-state index contributed by atoms with van der Waals surface area (Å²) in [6.45, 7) is 1.78. The molecule has 2 aliphatic rings. The van der Waals surface area contributed by atoms with Crippen molar-refractivity contribution in [2.75, 3.05) is 55.0 Å². The molecule has 18 heteroatoms. The number of nitrogens with zero attached hydrogens (tertiary/aromatic N) is 5. The van der Waals surface area contributed by atoms with Crippen molar-refractivity contribution in [3.63, 3.8) is 0 Å². The standard InChI is InChI=1S/C24H26F6N7O4Si/c1-22(42,33-15-10-32-34-21(40)19(15)24(28,29)30)12-41-6-3-17(38)36-4-5-37-14(11-36)8-18(39)35(2)16-7-13(23(25,26)27)9-31-20(16)37/h7,9-10,14H,3-6,8,11-12H2,1-2H3,(H2,33,34,40)/t14?,22-/m0/s1. The number of carbonyl (C=O) groups is 2. The van der Waals surface area contributed by atoms with E-state index < -0.39 is 51.8 Å². The Hall–Kier alpha value is -3.67. The van der Waals surface area contributed by atoms with Gasteiger partial charge in [-0.05, 0) is 13.0 Å². The number of carbonyl (C=O) groups excluding carboxylic acids is 2. The Bertz CT molecular complexity index is 1400. The highest BCUT2D eigenvalue weighted by Gasteiger charge is 2.40. The van der Waals surface area contributed by atoms with Gasteiger partial charge in [-0.2, -0.15) is 31.4 Å². The van der Waals surface area contributed by atoms with Crippen LogP contribution in [0.2, 0.25) is 0 Å². The number of halogens is 6. The van der Waals surface area contributed by atoms with Gasteiger partial charge in [0.25, 0.3) is 5.56 Å². The number of H-pyrrole nitrogens is 1. The topological polar surface area (TPSA) is 124 Å². The largest absolute Gasteiger partial charge is 0.423 e. The maximum Gasteiger partial charge on any atom is 0.423 e. The number of amides is 2. The van der Waals surface area contributed by atoms with E-state index in [2.05, 4.69) is 25.6 Å². The summed E-state index contributed by atoms with van der Waals surface area (Å²) in [5.41, 5.74) is -4.35. The molecule has 0 aliphatic carbocycles. The molecule has 1 unspecified atom stereocenters. The minimum absolute atomic E-state index is 0.0370. The normalized spacial score (nSPS) is 19.1. The summed E-state index contributed by atoms with van der Waals surface area (Å²) in [6.07, 6.45) is -8.13. The second-order valence-electron chi connectivity index (χ2n) is 10.2. The molecule has 4 heterocycles. The number of hydrogen-bond acceptors (Lipinski definition) is 8. The second kappa shape index (κ2) is 11.5. The van der Waals surface area contributed by atoms with E-state index in [1.54, 1.807) is 10.00 Å². The van der Waals surface area contributed by atoms with Crippen LogP contribution in [0, 0.1) is 0 Å². The number of aromatic nitrogens is 3. The third-order valence-corrected chi connectivity index (χ3v) is 7.10. The molecule has 2 amide bonds. The Balaban J connectivity index is 1.34. The average molecular weight is 619 g/mol. The lowest BCUT2D eigenvalue weighted by molar-refractivity contribution is -0.138. The van der Waals surface area contributed by atoms with Crippen molar-refractivity contribution in [2.24, 2.45) is 0 Å².